The molecular formula is C25H28N6OS. The van der Waals surface area contributed by atoms with E-state index in [2.05, 4.69) is 56.6 Å². The van der Waals surface area contributed by atoms with E-state index >= 15 is 0 Å². The minimum absolute atomic E-state index is 0.0738. The molecule has 3 heterocycles. The zero-order chi connectivity index (χ0) is 22.8. The largest absolute Gasteiger partial charge is 0.321 e. The molecule has 1 N–H and O–H groups in total. The van der Waals surface area contributed by atoms with Gasteiger partial charge < -0.3 is 4.98 Å². The van der Waals surface area contributed by atoms with Crippen molar-refractivity contribution in [3.63, 3.8) is 0 Å². The second kappa shape index (κ2) is 9.49. The first kappa shape index (κ1) is 21.9. The van der Waals surface area contributed by atoms with Crippen LogP contribution in [0.2, 0.25) is 0 Å². The third-order valence-electron chi connectivity index (χ3n) is 6.29. The summed E-state index contributed by atoms with van der Waals surface area (Å²) in [5, 5.41) is 13.8. The van der Waals surface area contributed by atoms with Crippen molar-refractivity contribution in [3.05, 3.63) is 87.0 Å². The van der Waals surface area contributed by atoms with E-state index in [1.807, 2.05) is 47.6 Å². The number of rotatable bonds is 6. The summed E-state index contributed by atoms with van der Waals surface area (Å²) in [5.74, 6) is 2.80. The fourth-order valence-corrected chi connectivity index (χ4v) is 5.62. The molecule has 0 amide bonds. The smallest absolute Gasteiger partial charge is 0.253 e. The van der Waals surface area contributed by atoms with Gasteiger partial charge in [0.05, 0.1) is 5.52 Å². The monoisotopic (exact) mass is 460 g/mol. The Balaban J connectivity index is 1.58. The molecule has 2 aromatic carbocycles. The lowest BCUT2D eigenvalue weighted by molar-refractivity contribution is 0.233. The molecule has 8 heteroatoms. The molecule has 1 aliphatic heterocycles. The third kappa shape index (κ3) is 4.58. The Hall–Kier alpha value is -2.97. The van der Waals surface area contributed by atoms with Gasteiger partial charge in [-0.25, -0.2) is 4.68 Å². The molecule has 1 atom stereocenters. The highest BCUT2D eigenvalue weighted by Crippen LogP contribution is 2.29. The van der Waals surface area contributed by atoms with Gasteiger partial charge in [0.2, 0.25) is 0 Å². The number of nitrogens with zero attached hydrogens (tertiary/aromatic N) is 5. The normalized spacial score (nSPS) is 15.7. The molecule has 0 unspecified atom stereocenters. The van der Waals surface area contributed by atoms with Gasteiger partial charge in [-0.3, -0.25) is 9.69 Å². The molecule has 2 aromatic heterocycles. The number of aromatic amines is 1. The molecule has 1 fully saturated rings. The molecule has 1 saturated heterocycles. The van der Waals surface area contributed by atoms with Gasteiger partial charge >= 0.3 is 0 Å². The Kier molecular flexibility index (Phi) is 6.28. The molecule has 170 valence electrons. The van der Waals surface area contributed by atoms with E-state index in [-0.39, 0.29) is 11.6 Å². The van der Waals surface area contributed by atoms with Crippen LogP contribution in [-0.2, 0) is 13.0 Å². The van der Waals surface area contributed by atoms with Crippen molar-refractivity contribution in [2.75, 3.05) is 24.6 Å². The summed E-state index contributed by atoms with van der Waals surface area (Å²) in [6, 6.07) is 16.3. The first-order valence-electron chi connectivity index (χ1n) is 11.4. The van der Waals surface area contributed by atoms with E-state index in [0.717, 1.165) is 53.3 Å². The Bertz CT molecular complexity index is 1310. The van der Waals surface area contributed by atoms with Crippen molar-refractivity contribution < 1.29 is 0 Å². The SMILES string of the molecule is Cc1cc(C)c2[nH]c(=O)c([C@@H](c3nnnn3CCc3ccccc3)N3CCSCC3)cc2c1. The van der Waals surface area contributed by atoms with Crippen LogP contribution in [0.4, 0.5) is 0 Å². The van der Waals surface area contributed by atoms with Gasteiger partial charge in [0.15, 0.2) is 5.82 Å². The van der Waals surface area contributed by atoms with Crippen LogP contribution in [0, 0.1) is 13.8 Å². The molecule has 1 aliphatic rings. The maximum atomic E-state index is 13.4. The van der Waals surface area contributed by atoms with Gasteiger partial charge in [-0.15, -0.1) is 5.10 Å². The molecule has 5 rings (SSSR count). The first-order valence-corrected chi connectivity index (χ1v) is 12.5. The molecular weight excluding hydrogens is 432 g/mol. The summed E-state index contributed by atoms with van der Waals surface area (Å²) in [5.41, 5.74) is 5.01. The molecule has 0 spiro atoms. The van der Waals surface area contributed by atoms with Crippen molar-refractivity contribution in [1.82, 2.24) is 30.1 Å². The van der Waals surface area contributed by atoms with Crippen LogP contribution in [0.15, 0.2) is 53.3 Å². The number of fused-ring (bicyclic) bond motifs is 1. The minimum atomic E-state index is -0.286. The topological polar surface area (TPSA) is 79.7 Å². The number of aryl methyl sites for hydroxylation is 4. The lowest BCUT2D eigenvalue weighted by Crippen LogP contribution is -2.40. The average Bonchev–Trinajstić information content (AvgIpc) is 3.28. The standard InChI is InChI=1S/C25H28N6OS/c1-17-14-18(2)22-20(15-17)16-21(25(32)26-22)23(30-10-12-33-13-11-30)24-27-28-29-31(24)9-8-19-6-4-3-5-7-19/h3-7,14-16,23H,8-13H2,1-2H3,(H,26,32)/t23-/m0/s1. The van der Waals surface area contributed by atoms with Crippen LogP contribution in [0.5, 0.6) is 0 Å². The van der Waals surface area contributed by atoms with Gasteiger partial charge in [0.1, 0.15) is 6.04 Å². The van der Waals surface area contributed by atoms with E-state index in [4.69, 9.17) is 0 Å². The lowest BCUT2D eigenvalue weighted by Gasteiger charge is -2.33. The van der Waals surface area contributed by atoms with Gasteiger partial charge in [0.25, 0.3) is 5.56 Å². The van der Waals surface area contributed by atoms with Gasteiger partial charge in [-0.05, 0) is 59.3 Å². The van der Waals surface area contributed by atoms with Crippen LogP contribution in [-0.4, -0.2) is 54.7 Å². The zero-order valence-electron chi connectivity index (χ0n) is 19.0. The van der Waals surface area contributed by atoms with E-state index < -0.39 is 0 Å². The summed E-state index contributed by atoms with van der Waals surface area (Å²) >= 11 is 1.94. The van der Waals surface area contributed by atoms with E-state index in [1.54, 1.807) is 0 Å². The van der Waals surface area contributed by atoms with E-state index in [0.29, 0.717) is 12.1 Å². The Morgan fingerprint density at radius 2 is 1.88 bits per heavy atom. The van der Waals surface area contributed by atoms with Gasteiger partial charge in [-0.2, -0.15) is 11.8 Å². The number of hydrogen-bond acceptors (Lipinski definition) is 6. The van der Waals surface area contributed by atoms with E-state index in [1.165, 1.54) is 11.1 Å². The predicted molar refractivity (Wildman–Crippen MR) is 133 cm³/mol. The second-order valence-electron chi connectivity index (χ2n) is 8.65. The number of tetrazole rings is 1. The van der Waals surface area contributed by atoms with Crippen molar-refractivity contribution in [2.45, 2.75) is 32.9 Å². The molecule has 4 aromatic rings. The fourth-order valence-electron chi connectivity index (χ4n) is 4.69. The van der Waals surface area contributed by atoms with Crippen molar-refractivity contribution >= 4 is 22.7 Å². The van der Waals surface area contributed by atoms with Crippen LogP contribution >= 0.6 is 11.8 Å². The predicted octanol–water partition coefficient (Wildman–Crippen LogP) is 3.51. The van der Waals surface area contributed by atoms with Crippen LogP contribution in [0.3, 0.4) is 0 Å². The maximum absolute atomic E-state index is 13.4. The molecule has 0 saturated carbocycles. The third-order valence-corrected chi connectivity index (χ3v) is 7.23. The lowest BCUT2D eigenvalue weighted by atomic mass is 10.0. The summed E-state index contributed by atoms with van der Waals surface area (Å²) in [6.07, 6.45) is 0.827. The van der Waals surface area contributed by atoms with Crippen molar-refractivity contribution in [2.24, 2.45) is 0 Å². The number of thioether (sulfide) groups is 1. The fraction of sp³-hybridized carbons (Fsp3) is 0.360. The van der Waals surface area contributed by atoms with Crippen LogP contribution in [0.25, 0.3) is 10.9 Å². The average molecular weight is 461 g/mol. The van der Waals surface area contributed by atoms with Gasteiger partial charge in [-0.1, -0.05) is 42.0 Å². The van der Waals surface area contributed by atoms with E-state index in [9.17, 15) is 4.79 Å². The Morgan fingerprint density at radius 3 is 2.67 bits per heavy atom. The number of pyridine rings is 1. The molecule has 7 nitrogen and oxygen atoms in total. The summed E-state index contributed by atoms with van der Waals surface area (Å²) < 4.78 is 1.87. The van der Waals surface area contributed by atoms with Gasteiger partial charge in [0, 0.05) is 36.7 Å². The Labute approximate surface area is 197 Å². The maximum Gasteiger partial charge on any atom is 0.253 e. The first-order chi connectivity index (χ1) is 16.1. The van der Waals surface area contributed by atoms with Crippen LogP contribution < -0.4 is 5.56 Å². The second-order valence-corrected chi connectivity index (χ2v) is 9.87. The molecule has 33 heavy (non-hydrogen) atoms. The highest BCUT2D eigenvalue weighted by molar-refractivity contribution is 7.99. The highest BCUT2D eigenvalue weighted by atomic mass is 32.2. The number of benzene rings is 2. The zero-order valence-corrected chi connectivity index (χ0v) is 19.8. The highest BCUT2D eigenvalue weighted by Gasteiger charge is 2.31. The summed E-state index contributed by atoms with van der Waals surface area (Å²) in [6.45, 7) is 6.57. The summed E-state index contributed by atoms with van der Waals surface area (Å²) in [7, 11) is 0. The number of aromatic nitrogens is 5. The minimum Gasteiger partial charge on any atom is -0.321 e. The van der Waals surface area contributed by atoms with Crippen LogP contribution in [0.1, 0.15) is 34.1 Å². The Morgan fingerprint density at radius 1 is 1.09 bits per heavy atom. The number of nitrogens with one attached hydrogen (secondary N) is 1. The van der Waals surface area contributed by atoms with Crippen molar-refractivity contribution in [3.8, 4) is 0 Å². The summed E-state index contributed by atoms with van der Waals surface area (Å²) in [4.78, 5) is 18.9. The number of H-pyrrole nitrogens is 1. The molecule has 0 bridgehead atoms. The van der Waals surface area contributed by atoms with Crippen molar-refractivity contribution in [1.29, 1.82) is 0 Å². The molecule has 0 aliphatic carbocycles. The number of hydrogen-bond donors (Lipinski definition) is 1. The molecule has 0 radical (unpaired) electrons. The quantitative estimate of drug-likeness (QED) is 0.474.